The zero-order chi connectivity index (χ0) is 15.1. The predicted molar refractivity (Wildman–Crippen MR) is 69.4 cm³/mol. The Balaban J connectivity index is 2.36. The third-order valence-electron chi connectivity index (χ3n) is 4.79. The first-order chi connectivity index (χ1) is 9.23. The Morgan fingerprint density at radius 1 is 1.30 bits per heavy atom. The summed E-state index contributed by atoms with van der Waals surface area (Å²) >= 11 is 0. The van der Waals surface area contributed by atoms with Crippen LogP contribution >= 0.6 is 0 Å². The van der Waals surface area contributed by atoms with Crippen molar-refractivity contribution < 1.29 is 29.6 Å². The summed E-state index contributed by atoms with van der Waals surface area (Å²) in [5.74, 6) is -4.35. The molecule has 116 valence electrons. The maximum absolute atomic E-state index is 11.4. The van der Waals surface area contributed by atoms with E-state index in [-0.39, 0.29) is 11.8 Å². The number of hydrogen-bond acceptors (Lipinski definition) is 6. The summed E-state index contributed by atoms with van der Waals surface area (Å²) in [4.78, 5) is 11.4. The highest BCUT2D eigenvalue weighted by atomic mass is 16.9. The number of aliphatic hydroxyl groups is 3. The molecule has 1 aliphatic heterocycles. The number of hydrogen-bond donors (Lipinski definition) is 3. The number of ether oxygens (including phenoxy) is 2. The number of carbonyl (C=O) groups is 1. The van der Waals surface area contributed by atoms with Gasteiger partial charge in [-0.1, -0.05) is 27.2 Å². The summed E-state index contributed by atoms with van der Waals surface area (Å²) in [6.07, 6.45) is 1.37. The average molecular weight is 288 g/mol. The highest BCUT2D eigenvalue weighted by molar-refractivity contribution is 5.63. The molecule has 6 heteroatoms. The van der Waals surface area contributed by atoms with Gasteiger partial charge in [0.25, 0.3) is 5.79 Å². The maximum atomic E-state index is 11.4. The zero-order valence-corrected chi connectivity index (χ0v) is 12.2. The fourth-order valence-electron chi connectivity index (χ4n) is 3.60. The van der Waals surface area contributed by atoms with Crippen molar-refractivity contribution in [1.29, 1.82) is 0 Å². The van der Waals surface area contributed by atoms with Crippen LogP contribution in [0.3, 0.4) is 0 Å². The van der Waals surface area contributed by atoms with E-state index in [1.165, 1.54) is 0 Å². The van der Waals surface area contributed by atoms with Crippen LogP contribution in [0.1, 0.15) is 40.0 Å². The van der Waals surface area contributed by atoms with Gasteiger partial charge < -0.3 is 24.8 Å². The van der Waals surface area contributed by atoms with Crippen molar-refractivity contribution in [2.45, 2.75) is 51.6 Å². The molecule has 2 rings (SSSR count). The molecule has 0 spiro atoms. The normalized spacial score (nSPS) is 45.4. The van der Waals surface area contributed by atoms with Crippen molar-refractivity contribution in [3.63, 3.8) is 0 Å². The Labute approximate surface area is 118 Å². The monoisotopic (exact) mass is 288 g/mol. The van der Waals surface area contributed by atoms with Gasteiger partial charge in [-0.25, -0.2) is 4.79 Å². The van der Waals surface area contributed by atoms with E-state index in [0.717, 1.165) is 12.8 Å². The van der Waals surface area contributed by atoms with E-state index in [9.17, 15) is 20.1 Å². The van der Waals surface area contributed by atoms with Gasteiger partial charge in [-0.2, -0.15) is 0 Å². The first kappa shape index (κ1) is 15.5. The lowest BCUT2D eigenvalue weighted by molar-refractivity contribution is -0.337. The molecule has 20 heavy (non-hydrogen) atoms. The lowest BCUT2D eigenvalue weighted by atomic mass is 9.65. The minimum absolute atomic E-state index is 0.0868. The molecule has 0 aromatic carbocycles. The standard InChI is InChI=1S/C14H24O6/c1-8(2)10-5-4-9(3)6-11(10)14(18)13(17,7-15)19-12(16)20-14/h8-11,15,17-18H,4-7H2,1-3H3/t9-,10+,11-,13?,14?/m0/s1. The molecule has 0 bridgehead atoms. The summed E-state index contributed by atoms with van der Waals surface area (Å²) in [6.45, 7) is 5.23. The van der Waals surface area contributed by atoms with Gasteiger partial charge in [0, 0.05) is 5.92 Å². The number of carbonyl (C=O) groups excluding carboxylic acids is 1. The first-order valence-electron chi connectivity index (χ1n) is 7.21. The molecule has 0 amide bonds. The third-order valence-corrected chi connectivity index (χ3v) is 4.79. The van der Waals surface area contributed by atoms with Gasteiger partial charge in [0.2, 0.25) is 0 Å². The van der Waals surface area contributed by atoms with Crippen molar-refractivity contribution in [2.24, 2.45) is 23.7 Å². The van der Waals surface area contributed by atoms with Crippen LogP contribution in [0.15, 0.2) is 0 Å². The Morgan fingerprint density at radius 3 is 2.50 bits per heavy atom. The molecule has 1 aliphatic carbocycles. The minimum Gasteiger partial charge on any atom is -0.394 e. The van der Waals surface area contributed by atoms with E-state index in [0.29, 0.717) is 12.3 Å². The smallest absolute Gasteiger partial charge is 0.394 e. The van der Waals surface area contributed by atoms with Crippen LogP contribution in [0.2, 0.25) is 0 Å². The Hall–Kier alpha value is -0.850. The van der Waals surface area contributed by atoms with Crippen LogP contribution in [0.25, 0.3) is 0 Å². The lowest BCUT2D eigenvalue weighted by Crippen LogP contribution is -2.61. The van der Waals surface area contributed by atoms with Gasteiger partial charge in [-0.3, -0.25) is 0 Å². The molecular formula is C14H24O6. The SMILES string of the molecule is CC(C)[C@H]1CC[C@H](C)C[C@@H]1C1(O)OC(=O)OC1(O)CO. The maximum Gasteiger partial charge on any atom is 0.513 e. The third kappa shape index (κ3) is 2.29. The quantitative estimate of drug-likeness (QED) is 0.676. The van der Waals surface area contributed by atoms with E-state index >= 15 is 0 Å². The molecule has 0 aromatic rings. The summed E-state index contributed by atoms with van der Waals surface area (Å²) in [5, 5.41) is 30.4. The number of cyclic esters (lactones) is 2. The topological polar surface area (TPSA) is 96.2 Å². The van der Waals surface area contributed by atoms with Gasteiger partial charge in [0.05, 0.1) is 0 Å². The van der Waals surface area contributed by atoms with Gasteiger partial charge in [0.1, 0.15) is 6.61 Å². The Morgan fingerprint density at radius 2 is 1.95 bits per heavy atom. The van der Waals surface area contributed by atoms with E-state index in [2.05, 4.69) is 11.7 Å². The second kappa shape index (κ2) is 5.16. The van der Waals surface area contributed by atoms with Crippen molar-refractivity contribution in [3.05, 3.63) is 0 Å². The van der Waals surface area contributed by atoms with E-state index in [1.807, 2.05) is 13.8 Å². The van der Waals surface area contributed by atoms with Crippen LogP contribution in [0.5, 0.6) is 0 Å². The fraction of sp³-hybridized carbons (Fsp3) is 0.929. The summed E-state index contributed by atoms with van der Waals surface area (Å²) in [7, 11) is 0. The average Bonchev–Trinajstić information content (AvgIpc) is 2.60. The van der Waals surface area contributed by atoms with Crippen LogP contribution < -0.4 is 0 Å². The molecule has 2 aliphatic rings. The molecule has 5 atom stereocenters. The van der Waals surface area contributed by atoms with Gasteiger partial charge in [-0.15, -0.1) is 0 Å². The molecule has 1 heterocycles. The number of aliphatic hydroxyl groups excluding tert-OH is 1. The van der Waals surface area contributed by atoms with Crippen LogP contribution in [0, 0.1) is 23.7 Å². The van der Waals surface area contributed by atoms with Gasteiger partial charge in [0.15, 0.2) is 0 Å². The van der Waals surface area contributed by atoms with Crippen LogP contribution in [0.4, 0.5) is 4.79 Å². The van der Waals surface area contributed by atoms with E-state index in [4.69, 9.17) is 4.74 Å². The van der Waals surface area contributed by atoms with E-state index in [1.54, 1.807) is 0 Å². The molecular weight excluding hydrogens is 264 g/mol. The van der Waals surface area contributed by atoms with Crippen molar-refractivity contribution >= 4 is 6.16 Å². The van der Waals surface area contributed by atoms with Crippen LogP contribution in [-0.2, 0) is 9.47 Å². The molecule has 1 saturated heterocycles. The molecule has 2 unspecified atom stereocenters. The fourth-order valence-corrected chi connectivity index (χ4v) is 3.60. The van der Waals surface area contributed by atoms with Crippen molar-refractivity contribution in [1.82, 2.24) is 0 Å². The molecule has 0 radical (unpaired) electrons. The second-order valence-corrected chi connectivity index (χ2v) is 6.53. The van der Waals surface area contributed by atoms with Crippen molar-refractivity contribution in [3.8, 4) is 0 Å². The molecule has 3 N–H and O–H groups in total. The highest BCUT2D eigenvalue weighted by Crippen LogP contribution is 2.50. The predicted octanol–water partition coefficient (Wildman–Crippen LogP) is 1.23. The van der Waals surface area contributed by atoms with Crippen molar-refractivity contribution in [2.75, 3.05) is 6.61 Å². The van der Waals surface area contributed by atoms with Gasteiger partial charge in [-0.05, 0) is 30.6 Å². The summed E-state index contributed by atoms with van der Waals surface area (Å²) in [6, 6.07) is 0. The number of rotatable bonds is 3. The summed E-state index contributed by atoms with van der Waals surface area (Å²) in [5.41, 5.74) is 0. The molecule has 6 nitrogen and oxygen atoms in total. The molecule has 2 fully saturated rings. The molecule has 1 saturated carbocycles. The largest absolute Gasteiger partial charge is 0.513 e. The van der Waals surface area contributed by atoms with Crippen LogP contribution in [-0.4, -0.2) is 39.7 Å². The minimum atomic E-state index is -2.39. The second-order valence-electron chi connectivity index (χ2n) is 6.53. The highest BCUT2D eigenvalue weighted by Gasteiger charge is 2.67. The van der Waals surface area contributed by atoms with E-state index < -0.39 is 30.3 Å². The first-order valence-corrected chi connectivity index (χ1v) is 7.21. The Kier molecular flexibility index (Phi) is 4.01. The lowest BCUT2D eigenvalue weighted by Gasteiger charge is -2.45. The Bertz CT molecular complexity index is 384. The molecule has 0 aromatic heterocycles. The summed E-state index contributed by atoms with van der Waals surface area (Å²) < 4.78 is 9.53. The zero-order valence-electron chi connectivity index (χ0n) is 12.2. The van der Waals surface area contributed by atoms with Gasteiger partial charge >= 0.3 is 11.9 Å².